The topological polar surface area (TPSA) is 128 Å². The first-order valence-electron chi connectivity index (χ1n) is 38.1. The summed E-state index contributed by atoms with van der Waals surface area (Å²) in [6.45, 7) is 27.9. The SMILES string of the molecule is Cc1cccc(C)c1-c1ccc[c-]c1-n1cccn1.Cc1cccc(C)c1-c1ncc[c-]c1-c1nccn1CC(C)(C)C.Cc1cccc(C)c1-c1ncn[c-]c1-c1nccn1CC(C)(C)C.Fc1c[c-]c(-c2nccn2-c2ccccc2-c2ccccc2)c(-c2ccccc2)c1.[Ir].[Ir].[Ir].[Ir].[Ir].[c-]1cccc(-c2ccccc2)c1-n1cccn1. The zero-order chi connectivity index (χ0) is 79.7. The Morgan fingerprint density at radius 2 is 0.773 bits per heavy atom. The molecule has 0 spiro atoms. The fourth-order valence-electron chi connectivity index (χ4n) is 14.2. The summed E-state index contributed by atoms with van der Waals surface area (Å²) in [6, 6.07) is 91.2. The molecule has 0 amide bonds. The van der Waals surface area contributed by atoms with Gasteiger partial charge in [0.05, 0.1) is 17.5 Å². The molecule has 0 aliphatic heterocycles. The molecule has 0 N–H and O–H groups in total. The Morgan fingerprint density at radius 3 is 1.28 bits per heavy atom. The van der Waals surface area contributed by atoms with E-state index in [1.54, 1.807) is 31.0 Å². The van der Waals surface area contributed by atoms with Crippen LogP contribution in [-0.4, -0.2) is 63.2 Å². The molecule has 0 unspecified atom stereocenters. The second kappa shape index (κ2) is 44.1. The number of benzene rings is 10. The van der Waals surface area contributed by atoms with E-state index in [0.717, 1.165) is 109 Å². The normalized spacial score (nSPS) is 10.6. The van der Waals surface area contributed by atoms with Crippen molar-refractivity contribution >= 4 is 0 Å². The van der Waals surface area contributed by atoms with Gasteiger partial charge in [-0.2, -0.15) is 58.7 Å². The molecule has 7 heterocycles. The molecule has 0 bridgehead atoms. The van der Waals surface area contributed by atoms with Crippen LogP contribution in [0.2, 0.25) is 0 Å². The summed E-state index contributed by atoms with van der Waals surface area (Å²) in [5, 5.41) is 8.58. The van der Waals surface area contributed by atoms with Crippen molar-refractivity contribution in [3.8, 4) is 118 Å². The third kappa shape index (κ3) is 23.6. The largest absolute Gasteiger partial charge is 0.370 e. The van der Waals surface area contributed by atoms with Gasteiger partial charge in [0.15, 0.2) is 0 Å². The molecule has 119 heavy (non-hydrogen) atoms. The van der Waals surface area contributed by atoms with Gasteiger partial charge < -0.3 is 28.7 Å². The van der Waals surface area contributed by atoms with E-state index in [0.29, 0.717) is 0 Å². The van der Waals surface area contributed by atoms with Gasteiger partial charge in [0.2, 0.25) is 0 Å². The summed E-state index contributed by atoms with van der Waals surface area (Å²) in [5.74, 6) is 2.19. The molecule has 10 aromatic carbocycles. The molecule has 0 aliphatic rings. The number of hydrogen-bond donors (Lipinski definition) is 0. The van der Waals surface area contributed by atoms with E-state index >= 15 is 0 Å². The van der Waals surface area contributed by atoms with Gasteiger partial charge in [-0.3, -0.25) is 28.7 Å². The minimum atomic E-state index is -0.319. The van der Waals surface area contributed by atoms with Crippen molar-refractivity contribution < 1.29 is 105 Å². The van der Waals surface area contributed by atoms with Crippen LogP contribution in [0.1, 0.15) is 74.9 Å². The first kappa shape index (κ1) is 94.1. The van der Waals surface area contributed by atoms with E-state index in [-0.39, 0.29) is 117 Å². The second-order valence-electron chi connectivity index (χ2n) is 30.3. The zero-order valence-electron chi connectivity index (χ0n) is 68.2. The second-order valence-corrected chi connectivity index (χ2v) is 30.3. The van der Waals surface area contributed by atoms with Crippen LogP contribution < -0.4 is 0 Å². The summed E-state index contributed by atoms with van der Waals surface area (Å²) >= 11 is 0. The van der Waals surface area contributed by atoms with E-state index in [4.69, 9.17) is 0 Å². The first-order valence-corrected chi connectivity index (χ1v) is 38.1. The Hall–Kier alpha value is -10.3. The minimum Gasteiger partial charge on any atom is -0.370 e. The van der Waals surface area contributed by atoms with E-state index < -0.39 is 0 Å². The Labute approximate surface area is 767 Å². The van der Waals surface area contributed by atoms with Gasteiger partial charge in [-0.05, 0) is 116 Å². The van der Waals surface area contributed by atoms with E-state index in [1.807, 2.05) is 185 Å². The smallest absolute Gasteiger partial charge is 0.0608 e. The van der Waals surface area contributed by atoms with Gasteiger partial charge in [0.1, 0.15) is 0 Å². The van der Waals surface area contributed by atoms with E-state index in [2.05, 4.69) is 266 Å². The predicted octanol–water partition coefficient (Wildman–Crippen LogP) is 23.6. The van der Waals surface area contributed by atoms with Crippen LogP contribution in [0, 0.1) is 88.7 Å². The summed E-state index contributed by atoms with van der Waals surface area (Å²) in [4.78, 5) is 27.2. The average Bonchev–Trinajstić information content (AvgIpc) is 1.78. The van der Waals surface area contributed by atoms with Crippen LogP contribution in [0.25, 0.3) is 118 Å². The number of hydrogen-bond acceptors (Lipinski definition) is 8. The van der Waals surface area contributed by atoms with Crippen LogP contribution >= 0.6 is 0 Å². The first-order chi connectivity index (χ1) is 55.3. The molecular formula is C100H91FIr5N13-5. The Kier molecular flexibility index (Phi) is 34.9. The summed E-state index contributed by atoms with van der Waals surface area (Å²) in [7, 11) is 0. The van der Waals surface area contributed by atoms with E-state index in [1.165, 1.54) is 61.7 Å². The van der Waals surface area contributed by atoms with Crippen LogP contribution in [0.5, 0.6) is 0 Å². The van der Waals surface area contributed by atoms with Crippen LogP contribution in [0.3, 0.4) is 0 Å². The number of pyridine rings is 1. The number of rotatable bonds is 14. The van der Waals surface area contributed by atoms with Crippen molar-refractivity contribution in [1.82, 2.24) is 63.2 Å². The molecule has 0 fully saturated rings. The number of aryl methyl sites for hydroxylation is 6. The molecule has 19 heteroatoms. The van der Waals surface area contributed by atoms with Gasteiger partial charge in [-0.15, -0.1) is 47.0 Å². The fraction of sp³-hybridized carbons (Fsp3) is 0.160. The van der Waals surface area contributed by atoms with Gasteiger partial charge >= 0.3 is 0 Å². The van der Waals surface area contributed by atoms with E-state index in [9.17, 15) is 4.39 Å². The fourth-order valence-corrected chi connectivity index (χ4v) is 14.2. The zero-order valence-corrected chi connectivity index (χ0v) is 80.2. The quantitative estimate of drug-likeness (QED) is 0.0985. The molecule has 0 saturated carbocycles. The van der Waals surface area contributed by atoms with Crippen LogP contribution in [0.15, 0.2) is 311 Å². The van der Waals surface area contributed by atoms with Crippen LogP contribution in [0.4, 0.5) is 4.39 Å². The number of nitrogens with zero attached hydrogens (tertiary/aromatic N) is 13. The monoisotopic (exact) mass is 2460 g/mol. The van der Waals surface area contributed by atoms with Gasteiger partial charge in [-0.1, -0.05) is 278 Å². The minimum absolute atomic E-state index is 0. The molecule has 0 atom stereocenters. The van der Waals surface area contributed by atoms with Gasteiger partial charge in [0, 0.05) is 199 Å². The molecule has 17 aromatic rings. The summed E-state index contributed by atoms with van der Waals surface area (Å²) in [6.07, 6.45) is 25.4. The van der Waals surface area contributed by atoms with Crippen molar-refractivity contribution in [2.24, 2.45) is 10.8 Å². The number of halogens is 1. The van der Waals surface area contributed by atoms with Crippen molar-refractivity contribution in [2.75, 3.05) is 0 Å². The Bertz CT molecular complexity index is 5810. The summed E-state index contributed by atoms with van der Waals surface area (Å²) < 4.78 is 24.2. The Morgan fingerprint density at radius 1 is 0.345 bits per heavy atom. The third-order valence-corrected chi connectivity index (χ3v) is 19.1. The molecule has 613 valence electrons. The molecule has 7 aromatic heterocycles. The van der Waals surface area contributed by atoms with Gasteiger partial charge in [-0.25, -0.2) is 0 Å². The molecule has 0 aliphatic carbocycles. The standard InChI is InChI=1S/C27H18FN2.C21H24N3.C20H23N4.C17H15N2.C15H11N2.5Ir/c28-22-15-16-24(25(19-22)21-11-5-2-6-12-21)27-29-17-18-30(27)26-14-8-7-13-23(26)20-9-3-1-4-10-20;1-15-8-6-9-16(2)18(15)19-17(10-7-11-22-19)20-23-12-13-24(20)14-21(3,4)5;1-14-7-6-8-15(2)17(14)18-16(11-21-13-23-18)19-22-9-10-24(19)12-20(3,4)5;1-13-7-5-8-14(2)17(13)15-9-3-4-10-16(15)19-12-6-11-18-19;1-2-7-13(8-3-1)14-9-4-5-10-15(14)17-12-6-11-16-17;;;;;/h1-15,17-19H;6-9,11-13H,14H2,1-5H3;6-10,13H,12H2,1-5H3;3-9,11-12H,1-2H3;1-9,11-12H;;;;;/q5*-1;;;;;. The Balaban J connectivity index is 0.000000186. The van der Waals surface area contributed by atoms with Crippen molar-refractivity contribution in [3.05, 3.63) is 381 Å². The van der Waals surface area contributed by atoms with Crippen molar-refractivity contribution in [3.63, 3.8) is 0 Å². The molecule has 13 nitrogen and oxygen atoms in total. The predicted molar refractivity (Wildman–Crippen MR) is 459 cm³/mol. The van der Waals surface area contributed by atoms with Crippen LogP contribution in [-0.2, 0) is 114 Å². The molecule has 0 saturated heterocycles. The van der Waals surface area contributed by atoms with Crippen molar-refractivity contribution in [2.45, 2.75) is 96.2 Å². The average molecular weight is 2460 g/mol. The van der Waals surface area contributed by atoms with Crippen molar-refractivity contribution in [1.29, 1.82) is 0 Å². The maximum absolute atomic E-state index is 14.1. The number of imidazole rings is 3. The molecule has 17 rings (SSSR count). The molecule has 5 radical (unpaired) electrons. The maximum Gasteiger partial charge on any atom is 0.0608 e. The molecular weight excluding hydrogens is 2360 g/mol. The third-order valence-electron chi connectivity index (χ3n) is 19.1. The van der Waals surface area contributed by atoms with Gasteiger partial charge in [0.25, 0.3) is 0 Å². The number of para-hydroxylation sites is 3. The maximum atomic E-state index is 14.1. The summed E-state index contributed by atoms with van der Waals surface area (Å²) in [5.41, 5.74) is 26.1. The number of aromatic nitrogens is 13.